The molecule has 1 aromatic heterocycles. The molecule has 0 N–H and O–H groups in total. The second-order valence-corrected chi connectivity index (χ2v) is 6.21. The third-order valence-electron chi connectivity index (χ3n) is 4.63. The molecule has 2 heterocycles. The Balaban J connectivity index is 1.76. The summed E-state index contributed by atoms with van der Waals surface area (Å²) in [5, 5.41) is 1.38. The van der Waals surface area contributed by atoms with Gasteiger partial charge in [-0.15, -0.1) is 0 Å². The van der Waals surface area contributed by atoms with Crippen LogP contribution in [0.15, 0.2) is 35.3 Å². The minimum Gasteiger partial charge on any atom is -0.483 e. The van der Waals surface area contributed by atoms with Crippen LogP contribution in [-0.2, 0) is 11.3 Å². The van der Waals surface area contributed by atoms with Gasteiger partial charge in [0.15, 0.2) is 6.61 Å². The van der Waals surface area contributed by atoms with Gasteiger partial charge in [0.1, 0.15) is 5.75 Å². The number of aromatic nitrogens is 1. The third-order valence-corrected chi connectivity index (χ3v) is 4.63. The summed E-state index contributed by atoms with van der Waals surface area (Å²) in [5.41, 5.74) is -0.0284. The van der Waals surface area contributed by atoms with E-state index in [1.807, 2.05) is 24.0 Å². The van der Waals surface area contributed by atoms with Crippen molar-refractivity contribution >= 4 is 16.7 Å². The Morgan fingerprint density at radius 3 is 2.54 bits per heavy atom. The largest absolute Gasteiger partial charge is 0.483 e. The Morgan fingerprint density at radius 2 is 1.83 bits per heavy atom. The second kappa shape index (κ2) is 7.51. The van der Waals surface area contributed by atoms with E-state index in [0.717, 1.165) is 31.3 Å². The van der Waals surface area contributed by atoms with E-state index >= 15 is 0 Å². The highest BCUT2D eigenvalue weighted by Crippen LogP contribution is 2.23. The molecule has 128 valence electrons. The smallest absolute Gasteiger partial charge is 0.260 e. The SMILES string of the molecule is CCn1ccc2c(OCC(=O)N3CCCCCC3)cccc2c1=O. The molecule has 0 bridgehead atoms. The van der Waals surface area contributed by atoms with Crippen LogP contribution in [0.2, 0.25) is 0 Å². The number of benzene rings is 1. The number of amides is 1. The fourth-order valence-electron chi connectivity index (χ4n) is 3.22. The molecule has 3 rings (SSSR count). The van der Waals surface area contributed by atoms with Crippen molar-refractivity contribution in [1.29, 1.82) is 0 Å². The number of fused-ring (bicyclic) bond motifs is 1. The van der Waals surface area contributed by atoms with Gasteiger partial charge < -0.3 is 14.2 Å². The highest BCUT2D eigenvalue weighted by molar-refractivity contribution is 5.88. The maximum absolute atomic E-state index is 12.4. The summed E-state index contributed by atoms with van der Waals surface area (Å²) in [4.78, 5) is 26.6. The summed E-state index contributed by atoms with van der Waals surface area (Å²) >= 11 is 0. The maximum Gasteiger partial charge on any atom is 0.260 e. The minimum absolute atomic E-state index is 0.0238. The number of hydrogen-bond acceptors (Lipinski definition) is 3. The average molecular weight is 328 g/mol. The van der Waals surface area contributed by atoms with Gasteiger partial charge in [-0.1, -0.05) is 18.9 Å². The predicted octanol–water partition coefficient (Wildman–Crippen LogP) is 2.80. The molecule has 5 heteroatoms. The van der Waals surface area contributed by atoms with Crippen LogP contribution in [-0.4, -0.2) is 35.1 Å². The number of hydrogen-bond donors (Lipinski definition) is 0. The Hall–Kier alpha value is -2.30. The zero-order chi connectivity index (χ0) is 16.9. The van der Waals surface area contributed by atoms with Crippen molar-refractivity contribution in [2.45, 2.75) is 39.2 Å². The molecule has 1 amide bonds. The van der Waals surface area contributed by atoms with Crippen LogP contribution in [0.5, 0.6) is 5.75 Å². The van der Waals surface area contributed by atoms with Crippen molar-refractivity contribution < 1.29 is 9.53 Å². The highest BCUT2D eigenvalue weighted by Gasteiger charge is 2.16. The van der Waals surface area contributed by atoms with Gasteiger partial charge in [-0.25, -0.2) is 0 Å². The van der Waals surface area contributed by atoms with Gasteiger partial charge in [0, 0.05) is 31.2 Å². The molecule has 1 aliphatic rings. The van der Waals surface area contributed by atoms with Gasteiger partial charge in [0.25, 0.3) is 11.5 Å². The van der Waals surface area contributed by atoms with Crippen LogP contribution < -0.4 is 10.3 Å². The van der Waals surface area contributed by atoms with Gasteiger partial charge in [0.2, 0.25) is 0 Å². The molecule has 1 fully saturated rings. The first-order valence-corrected chi connectivity index (χ1v) is 8.73. The zero-order valence-electron chi connectivity index (χ0n) is 14.2. The van der Waals surface area contributed by atoms with E-state index in [0.29, 0.717) is 17.7 Å². The summed E-state index contributed by atoms with van der Waals surface area (Å²) in [7, 11) is 0. The van der Waals surface area contributed by atoms with Crippen molar-refractivity contribution in [2.75, 3.05) is 19.7 Å². The normalized spacial score (nSPS) is 15.3. The quantitative estimate of drug-likeness (QED) is 0.867. The number of rotatable bonds is 4. The van der Waals surface area contributed by atoms with Crippen LogP contribution in [0.3, 0.4) is 0 Å². The number of pyridine rings is 1. The van der Waals surface area contributed by atoms with Crippen molar-refractivity contribution in [2.24, 2.45) is 0 Å². The average Bonchev–Trinajstić information content (AvgIpc) is 2.89. The van der Waals surface area contributed by atoms with Crippen LogP contribution >= 0.6 is 0 Å². The topological polar surface area (TPSA) is 51.5 Å². The van der Waals surface area contributed by atoms with Crippen molar-refractivity contribution in [3.63, 3.8) is 0 Å². The van der Waals surface area contributed by atoms with E-state index in [1.165, 1.54) is 12.8 Å². The first-order valence-electron chi connectivity index (χ1n) is 8.73. The lowest BCUT2D eigenvalue weighted by molar-refractivity contribution is -0.133. The Kier molecular flexibility index (Phi) is 5.18. The fraction of sp³-hybridized carbons (Fsp3) is 0.474. The lowest BCUT2D eigenvalue weighted by Gasteiger charge is -2.20. The molecule has 0 spiro atoms. The van der Waals surface area contributed by atoms with E-state index in [1.54, 1.807) is 22.9 Å². The summed E-state index contributed by atoms with van der Waals surface area (Å²) < 4.78 is 7.43. The lowest BCUT2D eigenvalue weighted by Crippen LogP contribution is -2.35. The maximum atomic E-state index is 12.4. The van der Waals surface area contributed by atoms with Crippen molar-refractivity contribution in [3.8, 4) is 5.75 Å². The Morgan fingerprint density at radius 1 is 1.08 bits per heavy atom. The fourth-order valence-corrected chi connectivity index (χ4v) is 3.22. The second-order valence-electron chi connectivity index (χ2n) is 6.21. The molecule has 0 aliphatic carbocycles. The van der Waals surface area contributed by atoms with Crippen LogP contribution in [0, 0.1) is 0 Å². The molecule has 2 aromatic rings. The first-order chi connectivity index (χ1) is 11.7. The summed E-state index contributed by atoms with van der Waals surface area (Å²) in [5.74, 6) is 0.617. The number of likely N-dealkylation sites (tertiary alicyclic amines) is 1. The van der Waals surface area contributed by atoms with Crippen LogP contribution in [0.1, 0.15) is 32.6 Å². The molecule has 0 radical (unpaired) electrons. The van der Waals surface area contributed by atoms with Gasteiger partial charge in [0.05, 0.1) is 5.39 Å². The number of nitrogens with zero attached hydrogens (tertiary/aromatic N) is 2. The zero-order valence-corrected chi connectivity index (χ0v) is 14.2. The Bertz CT molecular complexity index is 774. The summed E-state index contributed by atoms with van der Waals surface area (Å²) in [6, 6.07) is 7.29. The lowest BCUT2D eigenvalue weighted by atomic mass is 10.1. The molecule has 1 aliphatic heterocycles. The molecule has 24 heavy (non-hydrogen) atoms. The van der Waals surface area contributed by atoms with Gasteiger partial charge in [-0.05, 0) is 38.0 Å². The molecule has 1 aromatic carbocycles. The molecular formula is C19H24N2O3. The van der Waals surface area contributed by atoms with E-state index in [2.05, 4.69) is 0 Å². The van der Waals surface area contributed by atoms with Gasteiger partial charge in [-0.2, -0.15) is 0 Å². The molecule has 5 nitrogen and oxygen atoms in total. The van der Waals surface area contributed by atoms with Crippen LogP contribution in [0.25, 0.3) is 10.8 Å². The highest BCUT2D eigenvalue weighted by atomic mass is 16.5. The molecule has 0 unspecified atom stereocenters. The monoisotopic (exact) mass is 328 g/mol. The molecule has 1 saturated heterocycles. The molecule has 0 saturated carbocycles. The molecule has 0 atom stereocenters. The Labute approximate surface area is 141 Å². The number of carbonyl (C=O) groups is 1. The first kappa shape index (κ1) is 16.6. The van der Waals surface area contributed by atoms with E-state index < -0.39 is 0 Å². The van der Waals surface area contributed by atoms with Crippen molar-refractivity contribution in [3.05, 3.63) is 40.8 Å². The van der Waals surface area contributed by atoms with E-state index in [-0.39, 0.29) is 18.1 Å². The number of ether oxygens (including phenoxy) is 1. The van der Waals surface area contributed by atoms with Gasteiger partial charge in [-0.3, -0.25) is 9.59 Å². The van der Waals surface area contributed by atoms with Crippen LogP contribution in [0.4, 0.5) is 0 Å². The summed E-state index contributed by atoms with van der Waals surface area (Å²) in [6.45, 7) is 4.23. The molecular weight excluding hydrogens is 304 g/mol. The summed E-state index contributed by atoms with van der Waals surface area (Å²) in [6.07, 6.45) is 6.29. The number of aryl methyl sites for hydroxylation is 1. The predicted molar refractivity (Wildman–Crippen MR) is 94.4 cm³/mol. The van der Waals surface area contributed by atoms with E-state index in [4.69, 9.17) is 4.74 Å². The number of carbonyl (C=O) groups excluding carboxylic acids is 1. The standard InChI is InChI=1S/C19H24N2O3/c1-2-20-13-10-15-16(19(20)23)8-7-9-17(15)24-14-18(22)21-11-5-3-4-6-12-21/h7-10,13H,2-6,11-12,14H2,1H3. The van der Waals surface area contributed by atoms with E-state index in [9.17, 15) is 9.59 Å². The minimum atomic E-state index is -0.0284. The van der Waals surface area contributed by atoms with Crippen molar-refractivity contribution in [1.82, 2.24) is 9.47 Å². The third kappa shape index (κ3) is 3.45. The van der Waals surface area contributed by atoms with Gasteiger partial charge >= 0.3 is 0 Å².